The summed E-state index contributed by atoms with van der Waals surface area (Å²) in [4.78, 5) is 133. The molecule has 0 radical (unpaired) electrons. The number of carboxylic acid groups (broad SMARTS) is 1. The number of nitrogens with two attached hydrogens (primary N) is 1. The summed E-state index contributed by atoms with van der Waals surface area (Å²) >= 11 is 1.36. The topological polar surface area (TPSA) is 396 Å². The van der Waals surface area contributed by atoms with E-state index in [-0.39, 0.29) is 92.3 Å². The Morgan fingerprint density at radius 3 is 2.33 bits per heavy atom. The number of thiazole rings is 1. The van der Waals surface area contributed by atoms with E-state index in [2.05, 4.69) is 50.4 Å². The van der Waals surface area contributed by atoms with E-state index >= 15 is 0 Å². The van der Waals surface area contributed by atoms with Crippen LogP contribution < -0.4 is 32.3 Å². The summed E-state index contributed by atoms with van der Waals surface area (Å²) in [5.74, 6) is -5.14. The highest BCUT2D eigenvalue weighted by atomic mass is 32.2. The van der Waals surface area contributed by atoms with Crippen molar-refractivity contribution in [1.29, 1.82) is 0 Å². The van der Waals surface area contributed by atoms with Gasteiger partial charge in [-0.3, -0.25) is 53.2 Å². The number of unbranched alkanes of at least 4 members (excludes halogenated alkanes) is 2. The van der Waals surface area contributed by atoms with Crippen LogP contribution in [0.2, 0.25) is 0 Å². The number of nitrogens with zero attached hydrogens (tertiary/aromatic N) is 7. The van der Waals surface area contributed by atoms with Gasteiger partial charge in [0, 0.05) is 91.0 Å². The van der Waals surface area contributed by atoms with Crippen LogP contribution in [0.15, 0.2) is 109 Å². The third kappa shape index (κ3) is 19.6. The number of amides is 9. The number of aromatic nitrogens is 5. The average Bonchev–Trinajstić information content (AvgIpc) is 0.952. The zero-order chi connectivity index (χ0) is 74.5. The van der Waals surface area contributed by atoms with E-state index in [0.29, 0.717) is 93.9 Å². The van der Waals surface area contributed by atoms with Gasteiger partial charge in [-0.1, -0.05) is 88.6 Å². The van der Waals surface area contributed by atoms with Crippen LogP contribution in [-0.2, 0) is 56.7 Å². The molecule has 30 heteroatoms. The Morgan fingerprint density at radius 2 is 1.61 bits per heavy atom. The number of pyridine rings is 2. The zero-order valence-corrected chi connectivity index (χ0v) is 60.5. The number of aromatic carboxylic acids is 1. The minimum Gasteiger partial charge on any atom is -0.476 e. The molecule has 2 bridgehead atoms. The number of imide groups is 1. The molecule has 0 spiro atoms. The molecule has 28 nitrogen and oxygen atoms in total. The Balaban J connectivity index is 0.763. The number of carbonyl (C=O) groups excluding carboxylic acids is 8. The molecule has 9 N–H and O–H groups in total. The van der Waals surface area contributed by atoms with Crippen LogP contribution in [0.3, 0.4) is 0 Å². The molecule has 104 heavy (non-hydrogen) atoms. The standard InChI is InChI=1S/C74H89N13O15S2/c1-6-29-74(43-72(5)30-13-31-73(42-72,44-74)45-87-47(4)54(40-78-87)51-23-25-55(80-64(51)68(94)95)49-20-24-56-53(39-49)52(28-33-76-56)65(91)84-70-82-57-14-9-10-16-59(57)103-70)102-37-35-85(36-38-104(98,99)100)71(97)101-41-48-18-21-50(22-19-48)79-66(92)58(15-12-32-77-69(75)96)81-67(93)63(46(2)3)83-60(88)17-8-7-11-34-86-61(89)26-27-62(86)90/h9-10,14,16,18-28,33,39-40,46,58,63H,6-8,11-13,15,17,29-32,34-38,41-45H2,1-5H3,(H,79,92)(H,81,93)(H,83,88)(H,94,95)(H3,75,77,96)(H,82,84,91)(H,98,99,100)/t58-,63-,72?,73?,74?/m0/s1. The van der Waals surface area contributed by atoms with E-state index in [0.717, 1.165) is 59.3 Å². The summed E-state index contributed by atoms with van der Waals surface area (Å²) in [6, 6.07) is 21.5. The van der Waals surface area contributed by atoms with Crippen LogP contribution >= 0.6 is 11.3 Å². The molecule has 1 aliphatic heterocycles. The summed E-state index contributed by atoms with van der Waals surface area (Å²) in [7, 11) is -4.52. The van der Waals surface area contributed by atoms with Crippen LogP contribution in [0.25, 0.3) is 43.5 Å². The molecule has 552 valence electrons. The Morgan fingerprint density at radius 1 is 0.837 bits per heavy atom. The first kappa shape index (κ1) is 76.6. The lowest BCUT2D eigenvalue weighted by Crippen LogP contribution is -2.54. The molecule has 7 aromatic rings. The largest absolute Gasteiger partial charge is 0.476 e. The first-order chi connectivity index (χ1) is 49.6. The lowest BCUT2D eigenvalue weighted by atomic mass is 9.51. The predicted molar refractivity (Wildman–Crippen MR) is 390 cm³/mol. The number of rotatable bonds is 34. The number of urea groups is 1. The van der Waals surface area contributed by atoms with E-state index in [1.165, 1.54) is 28.4 Å². The second-order valence-electron chi connectivity index (χ2n) is 28.0. The first-order valence-electron chi connectivity index (χ1n) is 35.0. The van der Waals surface area contributed by atoms with Crippen molar-refractivity contribution >= 4 is 107 Å². The van der Waals surface area contributed by atoms with Crippen molar-refractivity contribution in [2.24, 2.45) is 22.5 Å². The predicted octanol–water partition coefficient (Wildman–Crippen LogP) is 9.97. The number of hydrogen-bond acceptors (Lipinski definition) is 18. The fraction of sp³-hybridized carbons (Fsp3) is 0.446. The van der Waals surface area contributed by atoms with Gasteiger partial charge in [-0.15, -0.1) is 0 Å². The van der Waals surface area contributed by atoms with Crippen molar-refractivity contribution in [2.75, 3.05) is 49.2 Å². The second kappa shape index (κ2) is 33.6. The number of benzene rings is 3. The fourth-order valence-electron chi connectivity index (χ4n) is 14.8. The second-order valence-corrected chi connectivity index (χ2v) is 30.6. The number of ether oxygens (including phenoxy) is 2. The maximum Gasteiger partial charge on any atom is 0.410 e. The van der Waals surface area contributed by atoms with Crippen LogP contribution in [0, 0.1) is 23.7 Å². The van der Waals surface area contributed by atoms with Crippen molar-refractivity contribution in [3.8, 4) is 22.4 Å². The fourth-order valence-corrected chi connectivity index (χ4v) is 16.1. The van der Waals surface area contributed by atoms with Gasteiger partial charge in [-0.05, 0) is 148 Å². The summed E-state index contributed by atoms with van der Waals surface area (Å²) in [5.41, 5.74) is 9.17. The molecule has 3 aromatic carbocycles. The van der Waals surface area contributed by atoms with E-state index in [9.17, 15) is 61.2 Å². The highest BCUT2D eigenvalue weighted by molar-refractivity contribution is 7.85. The number of nitrogens with one attached hydrogen (secondary N) is 5. The summed E-state index contributed by atoms with van der Waals surface area (Å²) in [5, 5.41) is 30.4. The van der Waals surface area contributed by atoms with Crippen LogP contribution in [-0.4, -0.2) is 162 Å². The maximum absolute atomic E-state index is 13.9. The molecule has 5 heterocycles. The van der Waals surface area contributed by atoms with Crippen molar-refractivity contribution in [1.82, 2.24) is 50.5 Å². The van der Waals surface area contributed by atoms with Crippen LogP contribution in [0.4, 0.5) is 20.4 Å². The SMILES string of the molecule is CCCC1(OCCN(CCS(=O)(=O)O)C(=O)OCc2ccc(NC(=O)[C@H](CCCNC(N)=O)NC(=O)[C@@H](NC(=O)CCCCCN3C(=O)C=CC3=O)C(C)C)cc2)CC2(C)CCCC(Cn3ncc(-c4ccc(-c5ccc6nccc(C(=O)Nc7nc8ccccc8s7)c6c5)nc4C(=O)O)c3C)(C2)C1. The number of carboxylic acids is 1. The molecule has 4 aromatic heterocycles. The molecular formula is C74H89N13O15S2. The normalized spacial score (nSPS) is 18.5. The number of fused-ring (bicyclic) bond motifs is 4. The lowest BCUT2D eigenvalue weighted by Gasteiger charge is -2.58. The quantitative estimate of drug-likeness (QED) is 0.0106. The minimum absolute atomic E-state index is 0.00915. The van der Waals surface area contributed by atoms with Gasteiger partial charge in [-0.2, -0.15) is 13.5 Å². The molecule has 2 fully saturated rings. The average molecular weight is 1460 g/mol. The highest BCUT2D eigenvalue weighted by Crippen LogP contribution is 2.61. The number of anilines is 2. The summed E-state index contributed by atoms with van der Waals surface area (Å²) in [6.45, 7) is 9.87. The Kier molecular flexibility index (Phi) is 24.7. The van der Waals surface area contributed by atoms with Gasteiger partial charge in [0.25, 0.3) is 27.8 Å². The van der Waals surface area contributed by atoms with E-state index in [1.54, 1.807) is 86.9 Å². The van der Waals surface area contributed by atoms with Crippen LogP contribution in [0.1, 0.15) is 150 Å². The minimum atomic E-state index is -4.52. The van der Waals surface area contributed by atoms with Gasteiger partial charge in [0.15, 0.2) is 10.8 Å². The number of hydrogen-bond donors (Lipinski definition) is 8. The molecule has 10 rings (SSSR count). The van der Waals surface area contributed by atoms with Gasteiger partial charge < -0.3 is 46.5 Å². The third-order valence-corrected chi connectivity index (χ3v) is 21.1. The molecule has 3 unspecified atom stereocenters. The smallest absolute Gasteiger partial charge is 0.410 e. The Bertz CT molecular complexity index is 4470. The van der Waals surface area contributed by atoms with Gasteiger partial charge >= 0.3 is 18.1 Å². The molecular weight excluding hydrogens is 1380 g/mol. The zero-order valence-electron chi connectivity index (χ0n) is 58.9. The third-order valence-electron chi connectivity index (χ3n) is 19.5. The Labute approximate surface area is 606 Å². The molecule has 2 aliphatic carbocycles. The molecule has 0 saturated heterocycles. The van der Waals surface area contributed by atoms with Gasteiger partial charge in [0.05, 0.1) is 51.1 Å². The van der Waals surface area contributed by atoms with Crippen molar-refractivity contribution < 1.29 is 70.7 Å². The molecule has 3 aliphatic rings. The number of primary amides is 1. The molecule has 9 amide bonds. The molecule has 2 saturated carbocycles. The highest BCUT2D eigenvalue weighted by Gasteiger charge is 2.55. The van der Waals surface area contributed by atoms with Gasteiger partial charge in [0.1, 0.15) is 18.7 Å². The van der Waals surface area contributed by atoms with E-state index in [4.69, 9.17) is 25.3 Å². The first-order valence-corrected chi connectivity index (χ1v) is 37.4. The summed E-state index contributed by atoms with van der Waals surface area (Å²) in [6.07, 6.45) is 13.2. The van der Waals surface area contributed by atoms with E-state index < -0.39 is 75.9 Å². The number of carbonyl (C=O) groups is 9. The summed E-state index contributed by atoms with van der Waals surface area (Å²) < 4.78 is 49.8. The monoisotopic (exact) mass is 1460 g/mol. The Hall–Kier alpha value is -10.0. The van der Waals surface area contributed by atoms with Crippen molar-refractivity contribution in [2.45, 2.75) is 155 Å². The van der Waals surface area contributed by atoms with Crippen molar-refractivity contribution in [3.63, 3.8) is 0 Å². The van der Waals surface area contributed by atoms with Crippen molar-refractivity contribution in [3.05, 3.63) is 132 Å². The lowest BCUT2D eigenvalue weighted by molar-refractivity contribution is -0.167. The van der Waals surface area contributed by atoms with E-state index in [1.807, 2.05) is 35.9 Å². The van der Waals surface area contributed by atoms with Crippen LogP contribution in [0.5, 0.6) is 0 Å². The van der Waals surface area contributed by atoms with Gasteiger partial charge in [0.2, 0.25) is 17.7 Å². The van der Waals surface area contributed by atoms with Gasteiger partial charge in [-0.25, -0.2) is 24.4 Å². The molecule has 5 atom stereocenters. The number of para-hydroxylation sites is 1. The maximum atomic E-state index is 13.9.